The lowest BCUT2D eigenvalue weighted by atomic mass is 10.1. The van der Waals surface area contributed by atoms with E-state index in [1.165, 1.54) is 31.3 Å². The Bertz CT molecular complexity index is 1000. The highest BCUT2D eigenvalue weighted by molar-refractivity contribution is 7.90. The van der Waals surface area contributed by atoms with E-state index in [9.17, 15) is 21.6 Å². The van der Waals surface area contributed by atoms with Crippen LogP contribution in [0, 0.1) is 0 Å². The van der Waals surface area contributed by atoms with Gasteiger partial charge in [0.15, 0.2) is 9.84 Å². The molecule has 2 rings (SSSR count). The lowest BCUT2D eigenvalue weighted by molar-refractivity contribution is -0.121. The van der Waals surface area contributed by atoms with E-state index >= 15 is 0 Å². The molecule has 0 bridgehead atoms. The Labute approximate surface area is 160 Å². The molecule has 0 aliphatic carbocycles. The Balaban J connectivity index is 2.02. The minimum absolute atomic E-state index is 0.115. The van der Waals surface area contributed by atoms with Crippen LogP contribution in [0.3, 0.4) is 0 Å². The van der Waals surface area contributed by atoms with E-state index in [1.807, 2.05) is 0 Å². The van der Waals surface area contributed by atoms with Crippen molar-refractivity contribution in [3.05, 3.63) is 60.2 Å². The van der Waals surface area contributed by atoms with Gasteiger partial charge in [0.1, 0.15) is 0 Å². The number of rotatable bonds is 7. The minimum Gasteiger partial charge on any atom is -0.348 e. The fourth-order valence-corrected chi connectivity index (χ4v) is 4.21. The Morgan fingerprint density at radius 2 is 1.52 bits per heavy atom. The number of sulfonamides is 1. The maximum absolute atomic E-state index is 12.4. The van der Waals surface area contributed by atoms with Gasteiger partial charge in [0.05, 0.1) is 22.4 Å². The number of carbonyl (C=O) groups excluding carboxylic acids is 1. The van der Waals surface area contributed by atoms with E-state index in [2.05, 4.69) is 5.32 Å². The molecular weight excluding hydrogens is 388 g/mol. The Morgan fingerprint density at radius 3 is 2.04 bits per heavy atom. The summed E-state index contributed by atoms with van der Waals surface area (Å²) in [5, 5.41) is 2.71. The molecule has 0 aliphatic heterocycles. The van der Waals surface area contributed by atoms with Crippen molar-refractivity contribution in [2.24, 2.45) is 0 Å². The van der Waals surface area contributed by atoms with Crippen molar-refractivity contribution in [1.82, 2.24) is 9.62 Å². The van der Waals surface area contributed by atoms with Crippen LogP contribution in [-0.4, -0.2) is 46.9 Å². The number of sulfone groups is 1. The SMILES string of the molecule is C[C@H](NC(=O)CN(C)S(=O)(=O)c1ccccc1)c1ccc(S(C)(=O)=O)cc1. The van der Waals surface area contributed by atoms with Crippen LogP contribution in [-0.2, 0) is 24.7 Å². The summed E-state index contributed by atoms with van der Waals surface area (Å²) in [6.07, 6.45) is 1.12. The summed E-state index contributed by atoms with van der Waals surface area (Å²) in [6.45, 7) is 1.40. The van der Waals surface area contributed by atoms with Crippen molar-refractivity contribution in [3.63, 3.8) is 0 Å². The highest BCUT2D eigenvalue weighted by Crippen LogP contribution is 2.17. The summed E-state index contributed by atoms with van der Waals surface area (Å²) in [5.41, 5.74) is 0.712. The van der Waals surface area contributed by atoms with Gasteiger partial charge in [0.25, 0.3) is 0 Å². The van der Waals surface area contributed by atoms with Gasteiger partial charge in [-0.05, 0) is 36.8 Å². The number of hydrogen-bond donors (Lipinski definition) is 1. The maximum atomic E-state index is 12.4. The predicted octanol–water partition coefficient (Wildman–Crippen LogP) is 1.59. The number of hydrogen-bond acceptors (Lipinski definition) is 5. The van der Waals surface area contributed by atoms with Crippen LogP contribution >= 0.6 is 0 Å². The van der Waals surface area contributed by atoms with Crippen molar-refractivity contribution in [2.75, 3.05) is 19.8 Å². The van der Waals surface area contributed by atoms with Crippen LogP contribution in [0.1, 0.15) is 18.5 Å². The smallest absolute Gasteiger partial charge is 0.243 e. The van der Waals surface area contributed by atoms with E-state index in [4.69, 9.17) is 0 Å². The standard InChI is InChI=1S/C18H22N2O5S2/c1-14(15-9-11-16(12-10-15)26(3,22)23)19-18(21)13-20(2)27(24,25)17-7-5-4-6-8-17/h4-12,14H,13H2,1-3H3,(H,19,21)/t14-/m0/s1. The van der Waals surface area contributed by atoms with Gasteiger partial charge in [0, 0.05) is 13.3 Å². The summed E-state index contributed by atoms with van der Waals surface area (Å²) in [6, 6.07) is 13.6. The van der Waals surface area contributed by atoms with Crippen molar-refractivity contribution in [2.45, 2.75) is 22.8 Å². The van der Waals surface area contributed by atoms with Crippen molar-refractivity contribution < 1.29 is 21.6 Å². The van der Waals surface area contributed by atoms with E-state index in [0.29, 0.717) is 5.56 Å². The van der Waals surface area contributed by atoms with Crippen LogP contribution < -0.4 is 5.32 Å². The zero-order chi connectivity index (χ0) is 20.2. The molecule has 7 nitrogen and oxygen atoms in total. The number of carbonyl (C=O) groups is 1. The number of benzene rings is 2. The van der Waals surface area contributed by atoms with Crippen molar-refractivity contribution >= 4 is 25.8 Å². The quantitative estimate of drug-likeness (QED) is 0.747. The van der Waals surface area contributed by atoms with E-state index in [-0.39, 0.29) is 16.3 Å². The average molecular weight is 411 g/mol. The second-order valence-corrected chi connectivity index (χ2v) is 10.3. The lowest BCUT2D eigenvalue weighted by Crippen LogP contribution is -2.39. The van der Waals surface area contributed by atoms with Gasteiger partial charge < -0.3 is 5.32 Å². The molecule has 146 valence electrons. The molecular formula is C18H22N2O5S2. The first kappa shape index (κ1) is 21.1. The van der Waals surface area contributed by atoms with E-state index in [1.54, 1.807) is 37.3 Å². The van der Waals surface area contributed by atoms with Gasteiger partial charge in [0.2, 0.25) is 15.9 Å². The molecule has 0 fully saturated rings. The van der Waals surface area contributed by atoms with Crippen LogP contribution in [0.2, 0.25) is 0 Å². The molecule has 0 saturated heterocycles. The summed E-state index contributed by atoms with van der Waals surface area (Å²) in [5.74, 6) is -0.461. The highest BCUT2D eigenvalue weighted by atomic mass is 32.2. The van der Waals surface area contributed by atoms with E-state index < -0.39 is 31.8 Å². The number of nitrogens with one attached hydrogen (secondary N) is 1. The van der Waals surface area contributed by atoms with Crippen LogP contribution in [0.4, 0.5) is 0 Å². The molecule has 0 heterocycles. The first-order chi connectivity index (χ1) is 12.5. The largest absolute Gasteiger partial charge is 0.348 e. The molecule has 0 aliphatic rings. The van der Waals surface area contributed by atoms with Gasteiger partial charge in [-0.2, -0.15) is 4.31 Å². The third kappa shape index (κ3) is 5.38. The summed E-state index contributed by atoms with van der Waals surface area (Å²) in [4.78, 5) is 12.5. The van der Waals surface area contributed by atoms with Crippen LogP contribution in [0.25, 0.3) is 0 Å². The summed E-state index contributed by atoms with van der Waals surface area (Å²) >= 11 is 0. The Morgan fingerprint density at radius 1 is 0.963 bits per heavy atom. The van der Waals surface area contributed by atoms with Crippen LogP contribution in [0.15, 0.2) is 64.4 Å². The Kier molecular flexibility index (Phi) is 6.40. The average Bonchev–Trinajstić information content (AvgIpc) is 2.61. The monoisotopic (exact) mass is 410 g/mol. The fourth-order valence-electron chi connectivity index (χ4n) is 2.43. The second-order valence-electron chi connectivity index (χ2n) is 6.20. The van der Waals surface area contributed by atoms with Crippen LogP contribution in [0.5, 0.6) is 0 Å². The van der Waals surface area contributed by atoms with Crippen molar-refractivity contribution in [1.29, 1.82) is 0 Å². The number of nitrogens with zero attached hydrogens (tertiary/aromatic N) is 1. The van der Waals surface area contributed by atoms with Gasteiger partial charge >= 0.3 is 0 Å². The summed E-state index contributed by atoms with van der Waals surface area (Å²) < 4.78 is 48.9. The maximum Gasteiger partial charge on any atom is 0.243 e. The zero-order valence-corrected chi connectivity index (χ0v) is 16.9. The van der Waals surface area contributed by atoms with Gasteiger partial charge in [-0.3, -0.25) is 4.79 Å². The number of likely N-dealkylation sites (N-methyl/N-ethyl adjacent to an activating group) is 1. The molecule has 0 spiro atoms. The molecule has 1 atom stereocenters. The number of amides is 1. The molecule has 1 amide bonds. The molecule has 27 heavy (non-hydrogen) atoms. The minimum atomic E-state index is -3.75. The molecule has 2 aromatic rings. The third-order valence-corrected chi connectivity index (χ3v) is 6.95. The molecule has 0 unspecified atom stereocenters. The van der Waals surface area contributed by atoms with Gasteiger partial charge in [-0.15, -0.1) is 0 Å². The van der Waals surface area contributed by atoms with Gasteiger partial charge in [-0.25, -0.2) is 16.8 Å². The highest BCUT2D eigenvalue weighted by Gasteiger charge is 2.23. The molecule has 0 aromatic heterocycles. The molecule has 0 radical (unpaired) electrons. The second kappa shape index (κ2) is 8.20. The first-order valence-corrected chi connectivity index (χ1v) is 11.5. The zero-order valence-electron chi connectivity index (χ0n) is 15.3. The first-order valence-electron chi connectivity index (χ1n) is 8.12. The molecule has 0 saturated carbocycles. The fraction of sp³-hybridized carbons (Fsp3) is 0.278. The van der Waals surface area contributed by atoms with E-state index in [0.717, 1.165) is 10.6 Å². The lowest BCUT2D eigenvalue weighted by Gasteiger charge is -2.19. The van der Waals surface area contributed by atoms with Gasteiger partial charge in [-0.1, -0.05) is 30.3 Å². The summed E-state index contributed by atoms with van der Waals surface area (Å²) in [7, 11) is -5.70. The third-order valence-electron chi connectivity index (χ3n) is 4.00. The normalized spacial score (nSPS) is 13.3. The van der Waals surface area contributed by atoms with Crippen molar-refractivity contribution in [3.8, 4) is 0 Å². The molecule has 9 heteroatoms. The predicted molar refractivity (Wildman–Crippen MR) is 102 cm³/mol. The Hall–Kier alpha value is -2.23. The molecule has 1 N–H and O–H groups in total. The molecule has 2 aromatic carbocycles. The topological polar surface area (TPSA) is 101 Å².